The van der Waals surface area contributed by atoms with Gasteiger partial charge in [0.15, 0.2) is 0 Å². The molecule has 3 heterocycles. The monoisotopic (exact) mass is 530 g/mol. The number of halogens is 4. The van der Waals surface area contributed by atoms with Crippen molar-refractivity contribution in [3.63, 3.8) is 0 Å². The van der Waals surface area contributed by atoms with Crippen molar-refractivity contribution in [1.29, 1.82) is 0 Å². The molecule has 3 aromatic heterocycles. The number of amides is 2. The van der Waals surface area contributed by atoms with Crippen LogP contribution >= 0.6 is 11.3 Å². The Hall–Kier alpha value is -4.26. The average Bonchev–Trinajstić information content (AvgIpc) is 3.36. The molecule has 1 atom stereocenters. The summed E-state index contributed by atoms with van der Waals surface area (Å²) in [5.74, 6) is -1.96. The number of nitrogens with zero attached hydrogens (tertiary/aromatic N) is 4. The van der Waals surface area contributed by atoms with Gasteiger partial charge in [-0.3, -0.25) is 9.59 Å². The lowest BCUT2D eigenvalue weighted by molar-refractivity contribution is -0.138. The van der Waals surface area contributed by atoms with Crippen LogP contribution in [-0.2, 0) is 6.18 Å². The number of aromatic nitrogens is 4. The normalized spacial score (nSPS) is 12.2. The molecule has 0 radical (unpaired) electrons. The molecule has 8 nitrogen and oxygen atoms in total. The Morgan fingerprint density at radius 2 is 1.81 bits per heavy atom. The molecule has 1 aromatic carbocycles. The van der Waals surface area contributed by atoms with E-state index in [0.29, 0.717) is 5.01 Å². The van der Waals surface area contributed by atoms with E-state index in [-0.39, 0.29) is 33.1 Å². The van der Waals surface area contributed by atoms with Crippen molar-refractivity contribution in [2.45, 2.75) is 26.1 Å². The third kappa shape index (κ3) is 5.94. The molecule has 4 rings (SSSR count). The zero-order valence-corrected chi connectivity index (χ0v) is 20.1. The second kappa shape index (κ2) is 10.4. The third-order valence-electron chi connectivity index (χ3n) is 5.20. The Labute approximate surface area is 211 Å². The van der Waals surface area contributed by atoms with Crippen LogP contribution in [0.1, 0.15) is 49.3 Å². The highest BCUT2D eigenvalue weighted by Crippen LogP contribution is 2.33. The maximum Gasteiger partial charge on any atom is 0.416 e. The quantitative estimate of drug-likeness (QED) is 0.262. The number of aryl methyl sites for hydroxylation is 1. The van der Waals surface area contributed by atoms with E-state index in [0.717, 1.165) is 23.7 Å². The van der Waals surface area contributed by atoms with E-state index >= 15 is 0 Å². The van der Waals surface area contributed by atoms with Gasteiger partial charge >= 0.3 is 6.18 Å². The minimum atomic E-state index is -4.55. The van der Waals surface area contributed by atoms with Crippen molar-refractivity contribution in [3.05, 3.63) is 87.8 Å². The van der Waals surface area contributed by atoms with Crippen molar-refractivity contribution in [2.24, 2.45) is 0 Å². The number of thiazole rings is 1. The zero-order valence-electron chi connectivity index (χ0n) is 19.3. The largest absolute Gasteiger partial charge is 0.416 e. The molecule has 1 unspecified atom stereocenters. The smallest absolute Gasteiger partial charge is 0.342 e. The van der Waals surface area contributed by atoms with Crippen LogP contribution in [0.5, 0.6) is 0 Å². The fraction of sp³-hybridized carbons (Fsp3) is 0.167. The number of anilines is 1. The maximum atomic E-state index is 14.0. The molecular formula is C24H18F4N6O2S. The van der Waals surface area contributed by atoms with Crippen molar-refractivity contribution >= 4 is 28.8 Å². The molecule has 0 aliphatic carbocycles. The number of carbonyl (C=O) groups is 2. The van der Waals surface area contributed by atoms with Crippen LogP contribution in [0.3, 0.4) is 0 Å². The van der Waals surface area contributed by atoms with Crippen LogP contribution in [0.4, 0.5) is 23.2 Å². The first-order valence-corrected chi connectivity index (χ1v) is 11.5. The third-order valence-corrected chi connectivity index (χ3v) is 6.38. The van der Waals surface area contributed by atoms with Gasteiger partial charge < -0.3 is 10.6 Å². The fourth-order valence-electron chi connectivity index (χ4n) is 3.33. The predicted molar refractivity (Wildman–Crippen MR) is 127 cm³/mol. The lowest BCUT2D eigenvalue weighted by atomic mass is 10.1. The SMILES string of the molecule is Cc1ccc(NC(=O)c2cnc(C(C)NC(=O)c3cc(-c4cccnc4F)ncn3)s2)cc1C(F)(F)F. The number of benzene rings is 1. The summed E-state index contributed by atoms with van der Waals surface area (Å²) in [5.41, 5.74) is -0.546. The van der Waals surface area contributed by atoms with E-state index in [9.17, 15) is 27.2 Å². The molecule has 0 bridgehead atoms. The van der Waals surface area contributed by atoms with Gasteiger partial charge in [-0.15, -0.1) is 11.3 Å². The maximum absolute atomic E-state index is 14.0. The summed E-state index contributed by atoms with van der Waals surface area (Å²) < 4.78 is 53.4. The van der Waals surface area contributed by atoms with Gasteiger partial charge in [-0.25, -0.2) is 19.9 Å². The Bertz CT molecular complexity index is 1470. The Kier molecular flexibility index (Phi) is 7.25. The van der Waals surface area contributed by atoms with Crippen LogP contribution in [0.2, 0.25) is 0 Å². The molecule has 0 fully saturated rings. The number of carbonyl (C=O) groups excluding carboxylic acids is 2. The van der Waals surface area contributed by atoms with Gasteiger partial charge in [0.2, 0.25) is 5.95 Å². The lowest BCUT2D eigenvalue weighted by Gasteiger charge is -2.12. The van der Waals surface area contributed by atoms with Crippen LogP contribution in [0.25, 0.3) is 11.3 Å². The van der Waals surface area contributed by atoms with Gasteiger partial charge in [0, 0.05) is 11.9 Å². The molecule has 4 aromatic rings. The van der Waals surface area contributed by atoms with Crippen molar-refractivity contribution in [1.82, 2.24) is 25.3 Å². The van der Waals surface area contributed by atoms with Crippen molar-refractivity contribution in [2.75, 3.05) is 5.32 Å². The first kappa shape index (κ1) is 25.8. The van der Waals surface area contributed by atoms with Gasteiger partial charge in [0.1, 0.15) is 21.9 Å². The second-order valence-corrected chi connectivity index (χ2v) is 8.93. The average molecular weight is 531 g/mol. The van der Waals surface area contributed by atoms with Crippen LogP contribution in [-0.4, -0.2) is 31.8 Å². The van der Waals surface area contributed by atoms with E-state index < -0.39 is 35.5 Å². The minimum Gasteiger partial charge on any atom is -0.342 e. The zero-order chi connectivity index (χ0) is 26.7. The fourth-order valence-corrected chi connectivity index (χ4v) is 4.14. The molecule has 0 saturated heterocycles. The van der Waals surface area contributed by atoms with Crippen molar-refractivity contribution in [3.8, 4) is 11.3 Å². The predicted octanol–water partition coefficient (Wildman–Crippen LogP) is 5.20. The van der Waals surface area contributed by atoms with E-state index in [2.05, 4.69) is 30.6 Å². The van der Waals surface area contributed by atoms with E-state index in [1.807, 2.05) is 0 Å². The lowest BCUT2D eigenvalue weighted by Crippen LogP contribution is -2.27. The number of rotatable bonds is 6. The Morgan fingerprint density at radius 1 is 1.03 bits per heavy atom. The van der Waals surface area contributed by atoms with E-state index in [1.54, 1.807) is 6.92 Å². The first-order chi connectivity index (χ1) is 17.5. The van der Waals surface area contributed by atoms with Crippen LogP contribution in [0, 0.1) is 12.9 Å². The summed E-state index contributed by atoms with van der Waals surface area (Å²) in [6.45, 7) is 2.97. The molecular weight excluding hydrogens is 512 g/mol. The highest BCUT2D eigenvalue weighted by atomic mass is 32.1. The van der Waals surface area contributed by atoms with Gasteiger partial charge in [0.25, 0.3) is 11.8 Å². The number of hydrogen-bond acceptors (Lipinski definition) is 7. The first-order valence-electron chi connectivity index (χ1n) is 10.7. The molecule has 0 aliphatic heterocycles. The van der Waals surface area contributed by atoms with Gasteiger partial charge in [-0.1, -0.05) is 6.07 Å². The Balaban J connectivity index is 1.44. The second-order valence-electron chi connectivity index (χ2n) is 7.87. The minimum absolute atomic E-state index is 0.0103. The number of pyridine rings is 1. The topological polar surface area (TPSA) is 110 Å². The van der Waals surface area contributed by atoms with E-state index in [4.69, 9.17) is 0 Å². The summed E-state index contributed by atoms with van der Waals surface area (Å²) in [6, 6.07) is 7.20. The molecule has 0 aliphatic rings. The highest BCUT2D eigenvalue weighted by Gasteiger charge is 2.32. The number of nitrogens with one attached hydrogen (secondary N) is 2. The summed E-state index contributed by atoms with van der Waals surface area (Å²) in [5, 5.41) is 5.51. The molecule has 0 saturated carbocycles. The summed E-state index contributed by atoms with van der Waals surface area (Å²) >= 11 is 0.970. The summed E-state index contributed by atoms with van der Waals surface area (Å²) in [4.78, 5) is 41.0. The molecule has 37 heavy (non-hydrogen) atoms. The molecule has 2 amide bonds. The highest BCUT2D eigenvalue weighted by molar-refractivity contribution is 7.13. The standard InChI is InChI=1S/C24H18F4N6O2S/c1-12-5-6-14(8-16(12)24(26,27)28)34-22(36)19-10-30-23(37-19)13(2)33-21(35)18-9-17(31-11-32-18)15-4-3-7-29-20(15)25/h3-11,13H,1-2H3,(H,33,35)(H,34,36). The Morgan fingerprint density at radius 3 is 2.54 bits per heavy atom. The number of hydrogen-bond donors (Lipinski definition) is 2. The summed E-state index contributed by atoms with van der Waals surface area (Å²) in [6.07, 6.45) is -0.863. The molecule has 190 valence electrons. The van der Waals surface area contributed by atoms with Gasteiger partial charge in [-0.2, -0.15) is 17.6 Å². The van der Waals surface area contributed by atoms with Crippen LogP contribution < -0.4 is 10.6 Å². The van der Waals surface area contributed by atoms with Gasteiger partial charge in [0.05, 0.1) is 29.1 Å². The van der Waals surface area contributed by atoms with Gasteiger partial charge in [-0.05, 0) is 49.7 Å². The van der Waals surface area contributed by atoms with Crippen LogP contribution in [0.15, 0.2) is 55.1 Å². The summed E-state index contributed by atoms with van der Waals surface area (Å²) in [7, 11) is 0. The van der Waals surface area contributed by atoms with E-state index in [1.165, 1.54) is 49.6 Å². The molecule has 2 N–H and O–H groups in total. The molecule has 0 spiro atoms. The van der Waals surface area contributed by atoms with Crippen molar-refractivity contribution < 1.29 is 27.2 Å². The number of alkyl halides is 3. The molecule has 13 heteroatoms.